The van der Waals surface area contributed by atoms with Crippen molar-refractivity contribution < 1.29 is 19.5 Å². The number of benzene rings is 3. The first kappa shape index (κ1) is 26.3. The number of carbonyl (C=O) groups excluding carboxylic acids is 2. The number of halogens is 1. The Hall–Kier alpha value is -3.73. The van der Waals surface area contributed by atoms with Gasteiger partial charge in [0.2, 0.25) is 11.8 Å². The van der Waals surface area contributed by atoms with Crippen LogP contribution in [0.3, 0.4) is 0 Å². The molecule has 37 heavy (non-hydrogen) atoms. The van der Waals surface area contributed by atoms with Gasteiger partial charge in [-0.25, -0.2) is 9.78 Å². The molecule has 4 rings (SSSR count). The van der Waals surface area contributed by atoms with Gasteiger partial charge in [-0.05, 0) is 42.0 Å². The molecule has 0 aliphatic heterocycles. The molecule has 2 amide bonds. The Morgan fingerprint density at radius 2 is 1.62 bits per heavy atom. The lowest BCUT2D eigenvalue weighted by atomic mass is 10.1. The van der Waals surface area contributed by atoms with Crippen molar-refractivity contribution in [3.63, 3.8) is 0 Å². The van der Waals surface area contributed by atoms with Crippen LogP contribution in [0.1, 0.15) is 10.8 Å². The van der Waals surface area contributed by atoms with Crippen LogP contribution < -0.4 is 10.6 Å². The third kappa shape index (κ3) is 7.63. The number of hydrogen-bond donors (Lipinski definition) is 3. The number of carboxylic acids is 1. The van der Waals surface area contributed by atoms with Crippen molar-refractivity contribution in [1.82, 2.24) is 4.98 Å². The topological polar surface area (TPSA) is 108 Å². The molecular weight excluding hydrogens is 574 g/mol. The summed E-state index contributed by atoms with van der Waals surface area (Å²) < 4.78 is 0.980. The van der Waals surface area contributed by atoms with Crippen molar-refractivity contribution in [2.75, 3.05) is 10.6 Å². The summed E-state index contributed by atoms with van der Waals surface area (Å²) >= 11 is 6.16. The van der Waals surface area contributed by atoms with E-state index in [2.05, 4.69) is 31.5 Å². The zero-order chi connectivity index (χ0) is 26.2. The van der Waals surface area contributed by atoms with Gasteiger partial charge in [-0.1, -0.05) is 58.4 Å². The lowest BCUT2D eigenvalue weighted by Gasteiger charge is -2.16. The average Bonchev–Trinajstić information content (AvgIpc) is 3.36. The molecule has 1 heterocycles. The molecule has 4 aromatic rings. The zero-order valence-electron chi connectivity index (χ0n) is 19.1. The maximum atomic E-state index is 13.4. The largest absolute Gasteiger partial charge is 0.478 e. The Kier molecular flexibility index (Phi) is 8.89. The maximum Gasteiger partial charge on any atom is 0.328 e. The van der Waals surface area contributed by atoms with E-state index in [0.29, 0.717) is 10.8 Å². The van der Waals surface area contributed by atoms with E-state index in [9.17, 15) is 14.4 Å². The highest BCUT2D eigenvalue weighted by Gasteiger charge is 2.23. The number of carboxylic acid groups (broad SMARTS) is 1. The first-order valence-corrected chi connectivity index (χ1v) is 13.5. The molecule has 3 aromatic carbocycles. The van der Waals surface area contributed by atoms with Crippen LogP contribution in [-0.4, -0.2) is 27.9 Å². The van der Waals surface area contributed by atoms with Crippen LogP contribution in [0.25, 0.3) is 11.3 Å². The first-order valence-electron chi connectivity index (χ1n) is 10.9. The van der Waals surface area contributed by atoms with Gasteiger partial charge < -0.3 is 15.7 Å². The van der Waals surface area contributed by atoms with Gasteiger partial charge in [0.1, 0.15) is 5.25 Å². The molecule has 0 bridgehead atoms. The fourth-order valence-electron chi connectivity index (χ4n) is 3.24. The van der Waals surface area contributed by atoms with Crippen molar-refractivity contribution in [2.24, 2.45) is 0 Å². The molecule has 1 atom stereocenters. The summed E-state index contributed by atoms with van der Waals surface area (Å²) in [5.41, 5.74) is 3.09. The monoisotopic (exact) mass is 593 g/mol. The van der Waals surface area contributed by atoms with E-state index in [1.54, 1.807) is 24.3 Å². The van der Waals surface area contributed by atoms with E-state index in [1.807, 2.05) is 60.0 Å². The van der Waals surface area contributed by atoms with Crippen LogP contribution in [-0.2, 0) is 14.4 Å². The van der Waals surface area contributed by atoms with E-state index in [4.69, 9.17) is 5.11 Å². The maximum absolute atomic E-state index is 13.4. The Balaban J connectivity index is 1.47. The fraction of sp³-hybridized carbons (Fsp3) is 0.0370. The molecular formula is C27H20BrN3O4S2. The molecule has 0 aliphatic carbocycles. The summed E-state index contributed by atoms with van der Waals surface area (Å²) in [6.45, 7) is 0. The summed E-state index contributed by atoms with van der Waals surface area (Å²) in [5.74, 6) is -1.95. The molecule has 7 nitrogen and oxygen atoms in total. The fourth-order valence-corrected chi connectivity index (χ4v) is 5.25. The highest BCUT2D eigenvalue weighted by Crippen LogP contribution is 2.37. The number of thioether (sulfide) groups is 1. The molecule has 0 fully saturated rings. The summed E-state index contributed by atoms with van der Waals surface area (Å²) in [6.07, 6.45) is 1.72. The predicted octanol–water partition coefficient (Wildman–Crippen LogP) is 6.62. The van der Waals surface area contributed by atoms with Crippen LogP contribution in [0.4, 0.5) is 10.8 Å². The van der Waals surface area contributed by atoms with Crippen LogP contribution in [0.15, 0.2) is 106 Å². The van der Waals surface area contributed by atoms with Gasteiger partial charge in [0.25, 0.3) is 0 Å². The highest BCUT2D eigenvalue weighted by atomic mass is 79.9. The SMILES string of the molecule is O=C(O)/C=C/C(=O)Nc1ccc(SC(C(=O)Nc2nc(-c3ccc(Br)cc3)cs2)c2ccccc2)cc1. The van der Waals surface area contributed by atoms with Crippen molar-refractivity contribution >= 4 is 67.6 Å². The molecule has 10 heteroatoms. The standard InChI is InChI=1S/C27H20BrN3O4S2/c28-19-8-6-17(7-9-19)22-16-36-27(30-22)31-26(35)25(18-4-2-1-3-5-18)37-21-12-10-20(11-13-21)29-23(32)14-15-24(33)34/h1-16,25H,(H,29,32)(H,33,34)(H,30,31,35)/b15-14+. The number of carbonyl (C=O) groups is 3. The van der Waals surface area contributed by atoms with E-state index in [1.165, 1.54) is 23.1 Å². The van der Waals surface area contributed by atoms with Crippen LogP contribution in [0.2, 0.25) is 0 Å². The third-order valence-electron chi connectivity index (χ3n) is 4.97. The van der Waals surface area contributed by atoms with Crippen molar-refractivity contribution in [3.05, 3.63) is 106 Å². The zero-order valence-corrected chi connectivity index (χ0v) is 22.3. The second-order valence-electron chi connectivity index (χ2n) is 7.63. The second-order valence-corrected chi connectivity index (χ2v) is 10.6. The van der Waals surface area contributed by atoms with Gasteiger partial charge >= 0.3 is 5.97 Å². The van der Waals surface area contributed by atoms with E-state index in [-0.39, 0.29) is 5.91 Å². The number of nitrogens with one attached hydrogen (secondary N) is 2. The van der Waals surface area contributed by atoms with Gasteiger partial charge in [-0.15, -0.1) is 23.1 Å². The van der Waals surface area contributed by atoms with Gasteiger partial charge in [0.15, 0.2) is 5.13 Å². The molecule has 186 valence electrons. The number of nitrogens with zero attached hydrogens (tertiary/aromatic N) is 1. The van der Waals surface area contributed by atoms with Gasteiger partial charge in [0.05, 0.1) is 5.69 Å². The number of aromatic nitrogens is 1. The van der Waals surface area contributed by atoms with Gasteiger partial charge in [-0.2, -0.15) is 0 Å². The Bertz CT molecular complexity index is 1420. The summed E-state index contributed by atoms with van der Waals surface area (Å²) in [4.78, 5) is 41.1. The molecule has 0 saturated carbocycles. The second kappa shape index (κ2) is 12.5. The minimum absolute atomic E-state index is 0.205. The summed E-state index contributed by atoms with van der Waals surface area (Å²) in [7, 11) is 0. The molecule has 0 saturated heterocycles. The Morgan fingerprint density at radius 3 is 2.30 bits per heavy atom. The lowest BCUT2D eigenvalue weighted by molar-refractivity contribution is -0.131. The number of rotatable bonds is 9. The lowest BCUT2D eigenvalue weighted by Crippen LogP contribution is -2.19. The molecule has 3 N–H and O–H groups in total. The minimum Gasteiger partial charge on any atom is -0.478 e. The van der Waals surface area contributed by atoms with Crippen LogP contribution >= 0.6 is 39.0 Å². The minimum atomic E-state index is -1.20. The third-order valence-corrected chi connectivity index (χ3v) is 7.52. The molecule has 1 aromatic heterocycles. The molecule has 0 radical (unpaired) electrons. The average molecular weight is 595 g/mol. The molecule has 0 spiro atoms. The van der Waals surface area contributed by atoms with Crippen molar-refractivity contribution in [2.45, 2.75) is 10.1 Å². The van der Waals surface area contributed by atoms with Crippen LogP contribution in [0, 0.1) is 0 Å². The number of thiazole rings is 1. The number of anilines is 2. The molecule has 0 aliphatic rings. The van der Waals surface area contributed by atoms with Crippen LogP contribution in [0.5, 0.6) is 0 Å². The predicted molar refractivity (Wildman–Crippen MR) is 151 cm³/mol. The highest BCUT2D eigenvalue weighted by molar-refractivity contribution is 9.10. The van der Waals surface area contributed by atoms with E-state index < -0.39 is 17.1 Å². The van der Waals surface area contributed by atoms with E-state index in [0.717, 1.165) is 38.3 Å². The molecule has 1 unspecified atom stereocenters. The summed E-state index contributed by atoms with van der Waals surface area (Å²) in [5, 5.41) is 16.1. The summed E-state index contributed by atoms with van der Waals surface area (Å²) in [6, 6.07) is 24.2. The Morgan fingerprint density at radius 1 is 0.919 bits per heavy atom. The van der Waals surface area contributed by atoms with E-state index >= 15 is 0 Å². The first-order chi connectivity index (χ1) is 17.9. The number of hydrogen-bond acceptors (Lipinski definition) is 6. The van der Waals surface area contributed by atoms with Crippen molar-refractivity contribution in [1.29, 1.82) is 0 Å². The van der Waals surface area contributed by atoms with Crippen molar-refractivity contribution in [3.8, 4) is 11.3 Å². The quantitative estimate of drug-likeness (QED) is 0.148. The van der Waals surface area contributed by atoms with Gasteiger partial charge in [-0.3, -0.25) is 9.59 Å². The normalized spacial score (nSPS) is 11.7. The Labute approximate surface area is 229 Å². The number of amides is 2. The number of aliphatic carboxylic acids is 1. The van der Waals surface area contributed by atoms with Gasteiger partial charge in [0, 0.05) is 38.2 Å². The smallest absolute Gasteiger partial charge is 0.328 e.